The number of thioether (sulfide) groups is 2. The van der Waals surface area contributed by atoms with E-state index >= 15 is 0 Å². The van der Waals surface area contributed by atoms with E-state index in [4.69, 9.17) is 19.7 Å². The minimum absolute atomic E-state index is 0.0258. The van der Waals surface area contributed by atoms with Gasteiger partial charge in [-0.15, -0.1) is 45.8 Å². The lowest BCUT2D eigenvalue weighted by Gasteiger charge is -2.29. The number of azo groups is 1. The lowest BCUT2D eigenvalue weighted by molar-refractivity contribution is 0.0825. The molecule has 0 radical (unpaired) electrons. The van der Waals surface area contributed by atoms with E-state index in [-0.39, 0.29) is 35.3 Å². The zero-order valence-corrected chi connectivity index (χ0v) is 47.8. The van der Waals surface area contributed by atoms with Crippen LogP contribution in [0.5, 0.6) is 0 Å². The first-order chi connectivity index (χ1) is 36.1. The monoisotopic (exact) mass is 1080 g/mol. The predicted molar refractivity (Wildman–Crippen MR) is 310 cm³/mol. The third-order valence-corrected chi connectivity index (χ3v) is 23.4. The van der Waals surface area contributed by atoms with E-state index in [1.54, 1.807) is 11.3 Å². The molecule has 3 aromatic rings. The summed E-state index contributed by atoms with van der Waals surface area (Å²) in [4.78, 5) is 7.22. The van der Waals surface area contributed by atoms with Crippen LogP contribution in [0.1, 0.15) is 145 Å². The first kappa shape index (κ1) is 55.9. The van der Waals surface area contributed by atoms with Crippen LogP contribution in [0.4, 0.5) is 0 Å². The van der Waals surface area contributed by atoms with Crippen LogP contribution in [0, 0.1) is 63.1 Å². The molecule has 0 amide bonds. The Balaban J connectivity index is 1.06. The highest BCUT2D eigenvalue weighted by Crippen LogP contribution is 2.59. The Bertz CT molecular complexity index is 2780. The molecule has 3 aromatic heterocycles. The molecule has 5 aliphatic rings. The van der Waals surface area contributed by atoms with E-state index in [1.807, 2.05) is 42.6 Å². The fraction of sp³-hybridized carbons (Fsp3) is 0.533. The van der Waals surface area contributed by atoms with Crippen LogP contribution < -0.4 is 5.32 Å². The normalized spacial score (nSPS) is 27.5. The number of fused-ring (bicyclic) bond motifs is 2. The average Bonchev–Trinajstić information content (AvgIpc) is 4.28. The Kier molecular flexibility index (Phi) is 20.9. The van der Waals surface area contributed by atoms with Gasteiger partial charge in [0.05, 0.1) is 24.4 Å². The molecule has 10 unspecified atom stereocenters. The van der Waals surface area contributed by atoms with Crippen LogP contribution in [0.2, 0.25) is 0 Å². The van der Waals surface area contributed by atoms with E-state index in [9.17, 15) is 21.0 Å². The number of allylic oxidation sites excluding steroid dienone is 7. The van der Waals surface area contributed by atoms with Crippen molar-refractivity contribution in [2.75, 3.05) is 26.4 Å². The SMILES string of the molecule is CC(=C(C#N)C#N)c1ccc(-c2ccc(-c3cc(C4NCC5C=C4/C=C/COCCCC/C=C/CCCCOC4C=C(CC4)N=N5)c(C4SC(C5CCC(C(C)CCC(C)C(C)=C(C#N)C#N)S5)CC4C)s3)s2)s1. The average molecular weight is 1080 g/mol. The van der Waals surface area contributed by atoms with Crippen LogP contribution in [0.15, 0.2) is 105 Å². The second-order valence-electron chi connectivity index (χ2n) is 20.7. The van der Waals surface area contributed by atoms with Crippen molar-refractivity contribution in [1.82, 2.24) is 5.32 Å². The minimum atomic E-state index is -0.107. The topological polar surface area (TPSA) is 150 Å². The highest BCUT2D eigenvalue weighted by Gasteiger charge is 2.43. The molecule has 0 spiro atoms. The van der Waals surface area contributed by atoms with E-state index in [0.717, 1.165) is 104 Å². The summed E-state index contributed by atoms with van der Waals surface area (Å²) >= 11 is 9.85. The van der Waals surface area contributed by atoms with Gasteiger partial charge in [-0.25, -0.2) is 0 Å². The fourth-order valence-electron chi connectivity index (χ4n) is 10.7. The van der Waals surface area contributed by atoms with Gasteiger partial charge in [0, 0.05) is 70.0 Å². The van der Waals surface area contributed by atoms with Gasteiger partial charge in [0.1, 0.15) is 41.5 Å². The van der Waals surface area contributed by atoms with E-state index < -0.39 is 0 Å². The minimum Gasteiger partial charge on any atom is -0.377 e. The van der Waals surface area contributed by atoms with E-state index in [2.05, 4.69) is 135 Å². The van der Waals surface area contributed by atoms with Crippen LogP contribution in [0.3, 0.4) is 0 Å². The summed E-state index contributed by atoms with van der Waals surface area (Å²) in [7, 11) is 0. The van der Waals surface area contributed by atoms with Gasteiger partial charge in [-0.1, -0.05) is 51.2 Å². The molecular weight excluding hydrogens is 1010 g/mol. The van der Waals surface area contributed by atoms with Gasteiger partial charge in [0.25, 0.3) is 0 Å². The van der Waals surface area contributed by atoms with Crippen LogP contribution in [-0.4, -0.2) is 54.3 Å². The Morgan fingerprint density at radius 2 is 1.51 bits per heavy atom. The Hall–Kier alpha value is -4.32. The zero-order chi connectivity index (χ0) is 52.0. The quantitative estimate of drug-likeness (QED) is 0.146. The number of ether oxygens (including phenoxy) is 2. The van der Waals surface area contributed by atoms with Crippen molar-refractivity contribution in [3.05, 3.63) is 110 Å². The summed E-state index contributed by atoms with van der Waals surface area (Å²) in [5, 5.41) is 54.0. The summed E-state index contributed by atoms with van der Waals surface area (Å²) < 4.78 is 12.4. The zero-order valence-electron chi connectivity index (χ0n) is 43.7. The Labute approximate surface area is 461 Å². The molecule has 10 atom stereocenters. The molecule has 8 rings (SSSR count). The highest BCUT2D eigenvalue weighted by molar-refractivity contribution is 8.04. The van der Waals surface area contributed by atoms with Crippen molar-refractivity contribution in [3.63, 3.8) is 0 Å². The molecular formula is C60H71N7O2S5. The number of hydrogen-bond donors (Lipinski definition) is 1. The summed E-state index contributed by atoms with van der Waals surface area (Å²) in [5.41, 5.74) is 5.61. The molecule has 0 aromatic carbocycles. The summed E-state index contributed by atoms with van der Waals surface area (Å²) in [5.74, 6) is 1.30. The smallest absolute Gasteiger partial charge is 0.133 e. The summed E-state index contributed by atoms with van der Waals surface area (Å²) in [6.07, 6.45) is 27.9. The molecule has 14 heteroatoms. The van der Waals surface area contributed by atoms with E-state index in [0.29, 0.717) is 46.0 Å². The molecule has 74 heavy (non-hydrogen) atoms. The van der Waals surface area contributed by atoms with Gasteiger partial charge in [-0.05, 0) is 174 Å². The molecule has 7 heterocycles. The van der Waals surface area contributed by atoms with Crippen molar-refractivity contribution < 1.29 is 9.47 Å². The number of hydrogen-bond acceptors (Lipinski definition) is 14. The molecule has 2 fully saturated rings. The Morgan fingerprint density at radius 3 is 2.28 bits per heavy atom. The van der Waals surface area contributed by atoms with Gasteiger partial charge in [-0.3, -0.25) is 0 Å². The third kappa shape index (κ3) is 14.4. The predicted octanol–water partition coefficient (Wildman–Crippen LogP) is 16.8. The van der Waals surface area contributed by atoms with E-state index in [1.165, 1.54) is 49.9 Å². The highest BCUT2D eigenvalue weighted by atomic mass is 32.2. The lowest BCUT2D eigenvalue weighted by Crippen LogP contribution is -2.34. The number of nitrogens with zero attached hydrogens (tertiary/aromatic N) is 6. The van der Waals surface area contributed by atoms with Crippen molar-refractivity contribution >= 4 is 63.1 Å². The van der Waals surface area contributed by atoms with Crippen molar-refractivity contribution in [3.8, 4) is 43.8 Å². The van der Waals surface area contributed by atoms with Crippen molar-refractivity contribution in [1.29, 1.82) is 21.0 Å². The Morgan fingerprint density at radius 1 is 0.784 bits per heavy atom. The third-order valence-electron chi connectivity index (χ3n) is 15.4. The molecule has 1 N–H and O–H groups in total. The van der Waals surface area contributed by atoms with Crippen molar-refractivity contribution in [2.45, 2.75) is 157 Å². The number of nitriles is 4. The molecule has 9 nitrogen and oxygen atoms in total. The fourth-order valence-corrected chi connectivity index (χ4v) is 18.3. The second-order valence-corrected chi connectivity index (χ2v) is 26.8. The maximum atomic E-state index is 9.55. The van der Waals surface area contributed by atoms with Gasteiger partial charge in [-0.2, -0.15) is 43.0 Å². The maximum Gasteiger partial charge on any atom is 0.133 e. The molecule has 4 bridgehead atoms. The van der Waals surface area contributed by atoms with Gasteiger partial charge in [0.2, 0.25) is 0 Å². The molecule has 4 aliphatic heterocycles. The van der Waals surface area contributed by atoms with Gasteiger partial charge >= 0.3 is 0 Å². The van der Waals surface area contributed by atoms with Gasteiger partial charge < -0.3 is 14.8 Å². The molecule has 1 aliphatic carbocycles. The number of rotatable bonds is 11. The van der Waals surface area contributed by atoms with Crippen LogP contribution >= 0.6 is 57.5 Å². The first-order valence-electron chi connectivity index (χ1n) is 26.8. The van der Waals surface area contributed by atoms with Crippen molar-refractivity contribution in [2.24, 2.45) is 28.0 Å². The molecule has 2 saturated heterocycles. The largest absolute Gasteiger partial charge is 0.377 e. The second kappa shape index (κ2) is 27.6. The van der Waals surface area contributed by atoms with Crippen LogP contribution in [-0.2, 0) is 9.47 Å². The maximum absolute atomic E-state index is 9.55. The molecule has 0 saturated carbocycles. The standard InChI is InChI=1S/C60H71N7O2S5/c1-38(41(4)44(33-61)34-62)16-17-39(2)50-20-22-54(70-50)56-29-40(3)59(73-56)60-49(32-57(74-60)55-25-24-53(72-55)52-23-21-51(71-52)42(5)45(35-63)36-64)58-43-15-14-27-68-26-12-10-8-6-7-9-11-13-28-69-48-19-18-46(31-48)66-67-47(30-43)37-65-58/h6-7,14-15,21,23-25,30-32,38-40,47-48,50,54,56,58-59,65H,8-13,16-20,22,26-29,37H2,1-5H3/b7-6+,15-14+,67-66?. The molecule has 388 valence electrons. The van der Waals surface area contributed by atoms with Gasteiger partial charge in [0.15, 0.2) is 0 Å². The summed E-state index contributed by atoms with van der Waals surface area (Å²) in [6.45, 7) is 13.6. The number of nitrogens with one attached hydrogen (secondary N) is 1. The summed E-state index contributed by atoms with van der Waals surface area (Å²) in [6, 6.07) is 19.3. The number of thiophene rings is 3. The van der Waals surface area contributed by atoms with Crippen LogP contribution in [0.25, 0.3) is 25.1 Å². The lowest BCUT2D eigenvalue weighted by atomic mass is 9.88. The first-order valence-corrected chi connectivity index (χ1v) is 31.2.